The number of nitrogens with one attached hydrogen (secondary N) is 1. The van der Waals surface area contributed by atoms with Gasteiger partial charge in [-0.3, -0.25) is 4.79 Å². The second-order valence-electron chi connectivity index (χ2n) is 4.99. The highest BCUT2D eigenvalue weighted by atomic mass is 32.2. The van der Waals surface area contributed by atoms with E-state index in [2.05, 4.69) is 10.3 Å². The summed E-state index contributed by atoms with van der Waals surface area (Å²) in [6, 6.07) is 0. The molecule has 118 valence electrons. The first-order valence-electron chi connectivity index (χ1n) is 6.60. The number of hydrogen-bond acceptors (Lipinski definition) is 6. The van der Waals surface area contributed by atoms with Crippen molar-refractivity contribution >= 4 is 32.4 Å². The number of amides is 1. The number of anilines is 1. The standard InChI is InChI=1S/C12H19N3O4S2/c1-8-10(11(16)13-7-9-5-4-6-19-9)20-12(14-8)15(2)21(3,17)18/h9H,4-7H2,1-3H3,(H,13,16)/t9-/m1/s1. The molecule has 2 heterocycles. The van der Waals surface area contributed by atoms with Crippen LogP contribution in [-0.2, 0) is 14.8 Å². The third kappa shape index (κ3) is 3.92. The van der Waals surface area contributed by atoms with Gasteiger partial charge >= 0.3 is 0 Å². The van der Waals surface area contributed by atoms with Crippen molar-refractivity contribution in [1.29, 1.82) is 0 Å². The number of thiazole rings is 1. The van der Waals surface area contributed by atoms with Gasteiger partial charge in [0, 0.05) is 20.2 Å². The first-order chi connectivity index (χ1) is 9.79. The zero-order valence-electron chi connectivity index (χ0n) is 12.2. The SMILES string of the molecule is Cc1nc(N(C)S(C)(=O)=O)sc1C(=O)NC[C@H]1CCCO1. The number of carbonyl (C=O) groups is 1. The Bertz CT molecular complexity index is 620. The molecule has 7 nitrogen and oxygen atoms in total. The van der Waals surface area contributed by atoms with Gasteiger partial charge in [-0.1, -0.05) is 11.3 Å². The molecule has 0 spiro atoms. The summed E-state index contributed by atoms with van der Waals surface area (Å²) in [5, 5.41) is 3.10. The molecule has 0 radical (unpaired) electrons. The molecular weight excluding hydrogens is 314 g/mol. The first-order valence-corrected chi connectivity index (χ1v) is 9.26. The molecule has 1 fully saturated rings. The molecule has 21 heavy (non-hydrogen) atoms. The molecule has 1 aliphatic heterocycles. The molecular formula is C12H19N3O4S2. The lowest BCUT2D eigenvalue weighted by molar-refractivity contribution is 0.0860. The van der Waals surface area contributed by atoms with E-state index in [1.54, 1.807) is 6.92 Å². The second kappa shape index (κ2) is 6.29. The minimum Gasteiger partial charge on any atom is -0.376 e. The van der Waals surface area contributed by atoms with Crippen molar-refractivity contribution in [1.82, 2.24) is 10.3 Å². The molecule has 1 aliphatic rings. The van der Waals surface area contributed by atoms with Crippen LogP contribution in [0.5, 0.6) is 0 Å². The highest BCUT2D eigenvalue weighted by Crippen LogP contribution is 2.26. The highest BCUT2D eigenvalue weighted by molar-refractivity contribution is 7.92. The molecule has 0 bridgehead atoms. The van der Waals surface area contributed by atoms with Crippen LogP contribution in [0.4, 0.5) is 5.13 Å². The van der Waals surface area contributed by atoms with Gasteiger partial charge < -0.3 is 10.1 Å². The lowest BCUT2D eigenvalue weighted by Gasteiger charge is -2.11. The van der Waals surface area contributed by atoms with Crippen LogP contribution in [-0.4, -0.2) is 51.9 Å². The largest absolute Gasteiger partial charge is 0.376 e. The Morgan fingerprint density at radius 2 is 2.29 bits per heavy atom. The van der Waals surface area contributed by atoms with Crippen LogP contribution in [0.2, 0.25) is 0 Å². The summed E-state index contributed by atoms with van der Waals surface area (Å²) in [7, 11) is -1.96. The minimum absolute atomic E-state index is 0.0698. The Labute approximate surface area is 128 Å². The Kier molecular flexibility index (Phi) is 4.84. The number of nitrogens with zero attached hydrogens (tertiary/aromatic N) is 2. The predicted molar refractivity (Wildman–Crippen MR) is 81.4 cm³/mol. The maximum atomic E-state index is 12.1. The van der Waals surface area contributed by atoms with Gasteiger partial charge in [0.05, 0.1) is 18.1 Å². The van der Waals surface area contributed by atoms with Crippen molar-refractivity contribution in [2.45, 2.75) is 25.9 Å². The van der Waals surface area contributed by atoms with Crippen molar-refractivity contribution < 1.29 is 17.9 Å². The minimum atomic E-state index is -3.38. The summed E-state index contributed by atoms with van der Waals surface area (Å²) < 4.78 is 29.5. The van der Waals surface area contributed by atoms with E-state index >= 15 is 0 Å². The van der Waals surface area contributed by atoms with Gasteiger partial charge in [0.2, 0.25) is 10.0 Å². The van der Waals surface area contributed by atoms with Gasteiger partial charge in [-0.15, -0.1) is 0 Å². The van der Waals surface area contributed by atoms with E-state index in [4.69, 9.17) is 4.74 Å². The van der Waals surface area contributed by atoms with Gasteiger partial charge in [0.1, 0.15) is 4.88 Å². The van der Waals surface area contributed by atoms with Crippen molar-refractivity contribution in [2.75, 3.05) is 30.8 Å². The number of sulfonamides is 1. The van der Waals surface area contributed by atoms with Crippen LogP contribution in [0.25, 0.3) is 0 Å². The van der Waals surface area contributed by atoms with Gasteiger partial charge in [0.25, 0.3) is 5.91 Å². The zero-order chi connectivity index (χ0) is 15.6. The molecule has 0 unspecified atom stereocenters. The molecule has 1 atom stereocenters. The summed E-state index contributed by atoms with van der Waals surface area (Å²) in [5.41, 5.74) is 0.523. The van der Waals surface area contributed by atoms with E-state index in [1.807, 2.05) is 0 Å². The molecule has 1 aromatic heterocycles. The first kappa shape index (κ1) is 16.2. The molecule has 0 saturated carbocycles. The molecule has 9 heteroatoms. The smallest absolute Gasteiger partial charge is 0.263 e. The van der Waals surface area contributed by atoms with E-state index < -0.39 is 10.0 Å². The van der Waals surface area contributed by atoms with Crippen molar-refractivity contribution in [3.63, 3.8) is 0 Å². The fourth-order valence-electron chi connectivity index (χ4n) is 1.96. The third-order valence-corrected chi connectivity index (χ3v) is 5.79. The summed E-state index contributed by atoms with van der Waals surface area (Å²) >= 11 is 1.07. The quantitative estimate of drug-likeness (QED) is 0.859. The molecule has 1 amide bonds. The number of ether oxygens (including phenoxy) is 1. The van der Waals surface area contributed by atoms with E-state index in [0.717, 1.165) is 41.3 Å². The van der Waals surface area contributed by atoms with Crippen molar-refractivity contribution in [3.05, 3.63) is 10.6 Å². The lowest BCUT2D eigenvalue weighted by atomic mass is 10.2. The fourth-order valence-corrected chi connectivity index (χ4v) is 3.66. The van der Waals surface area contributed by atoms with Gasteiger partial charge in [-0.2, -0.15) is 0 Å². The fraction of sp³-hybridized carbons (Fsp3) is 0.667. The Morgan fingerprint density at radius 3 is 2.86 bits per heavy atom. The van der Waals surface area contributed by atoms with Crippen molar-refractivity contribution in [2.24, 2.45) is 0 Å². The summed E-state index contributed by atoms with van der Waals surface area (Å²) in [6.07, 6.45) is 3.13. The molecule has 0 aliphatic carbocycles. The van der Waals surface area contributed by atoms with Crippen LogP contribution in [0.1, 0.15) is 28.2 Å². The number of carbonyl (C=O) groups excluding carboxylic acids is 1. The van der Waals surface area contributed by atoms with E-state index in [1.165, 1.54) is 7.05 Å². The monoisotopic (exact) mass is 333 g/mol. The Morgan fingerprint density at radius 1 is 1.57 bits per heavy atom. The van der Waals surface area contributed by atoms with Gasteiger partial charge in [0.15, 0.2) is 5.13 Å². The maximum absolute atomic E-state index is 12.1. The number of aryl methyl sites for hydroxylation is 1. The lowest BCUT2D eigenvalue weighted by Crippen LogP contribution is -2.31. The van der Waals surface area contributed by atoms with Crippen LogP contribution in [0.15, 0.2) is 0 Å². The summed E-state index contributed by atoms with van der Waals surface area (Å²) in [4.78, 5) is 16.7. The molecule has 0 aromatic carbocycles. The van der Waals surface area contributed by atoms with Gasteiger partial charge in [-0.25, -0.2) is 17.7 Å². The van der Waals surface area contributed by atoms with Crippen LogP contribution >= 0.6 is 11.3 Å². The van der Waals surface area contributed by atoms with E-state index in [-0.39, 0.29) is 17.1 Å². The zero-order valence-corrected chi connectivity index (χ0v) is 13.9. The summed E-state index contributed by atoms with van der Waals surface area (Å²) in [6.45, 7) is 2.90. The van der Waals surface area contributed by atoms with E-state index in [9.17, 15) is 13.2 Å². The summed E-state index contributed by atoms with van der Waals surface area (Å²) in [5.74, 6) is -0.242. The normalized spacial score (nSPS) is 18.7. The molecule has 1 N–H and O–H groups in total. The third-order valence-electron chi connectivity index (χ3n) is 3.27. The Balaban J connectivity index is 2.05. The van der Waals surface area contributed by atoms with Crippen molar-refractivity contribution in [3.8, 4) is 0 Å². The number of hydrogen-bond donors (Lipinski definition) is 1. The van der Waals surface area contributed by atoms with E-state index in [0.29, 0.717) is 17.1 Å². The van der Waals surface area contributed by atoms with Crippen LogP contribution in [0, 0.1) is 6.92 Å². The average molecular weight is 333 g/mol. The van der Waals surface area contributed by atoms with Crippen LogP contribution in [0.3, 0.4) is 0 Å². The predicted octanol–water partition coefficient (Wildman–Crippen LogP) is 0.756. The molecule has 1 aromatic rings. The topological polar surface area (TPSA) is 88.6 Å². The molecule has 1 saturated heterocycles. The highest BCUT2D eigenvalue weighted by Gasteiger charge is 2.22. The van der Waals surface area contributed by atoms with Gasteiger partial charge in [-0.05, 0) is 19.8 Å². The average Bonchev–Trinajstić information content (AvgIpc) is 3.03. The second-order valence-corrected chi connectivity index (χ2v) is 7.98. The molecule has 2 rings (SSSR count). The number of aromatic nitrogens is 1. The maximum Gasteiger partial charge on any atom is 0.263 e. The number of rotatable bonds is 5. The van der Waals surface area contributed by atoms with Crippen LogP contribution < -0.4 is 9.62 Å². The Hall–Kier alpha value is -1.19.